The van der Waals surface area contributed by atoms with Gasteiger partial charge in [0.1, 0.15) is 22.9 Å². The van der Waals surface area contributed by atoms with Crippen LogP contribution in [-0.4, -0.2) is 32.8 Å². The molecule has 2 aromatic heterocycles. The lowest BCUT2D eigenvalue weighted by atomic mass is 10.1. The van der Waals surface area contributed by atoms with Gasteiger partial charge >= 0.3 is 5.69 Å². The largest absolute Gasteiger partial charge is 0.497 e. The minimum Gasteiger partial charge on any atom is -0.497 e. The van der Waals surface area contributed by atoms with Crippen LogP contribution in [-0.2, 0) is 13.0 Å². The number of halogens is 2. The van der Waals surface area contributed by atoms with Crippen molar-refractivity contribution in [3.05, 3.63) is 112 Å². The summed E-state index contributed by atoms with van der Waals surface area (Å²) in [5.41, 5.74) is 1.61. The van der Waals surface area contributed by atoms with Crippen molar-refractivity contribution in [1.29, 1.82) is 0 Å². The van der Waals surface area contributed by atoms with Crippen LogP contribution < -0.4 is 15.7 Å². The summed E-state index contributed by atoms with van der Waals surface area (Å²) in [5.74, 6) is -0.575. The van der Waals surface area contributed by atoms with Crippen molar-refractivity contribution >= 4 is 17.1 Å². The highest BCUT2D eigenvalue weighted by molar-refractivity contribution is 5.74. The number of anilines is 1. The summed E-state index contributed by atoms with van der Waals surface area (Å²) in [7, 11) is 1.53. The molecule has 2 heterocycles. The Kier molecular flexibility index (Phi) is 6.44. The molecule has 0 amide bonds. The Balaban J connectivity index is 1.58. The molecule has 0 aliphatic heterocycles. The van der Waals surface area contributed by atoms with E-state index in [0.717, 1.165) is 24.1 Å². The zero-order valence-electron chi connectivity index (χ0n) is 19.5. The van der Waals surface area contributed by atoms with E-state index in [4.69, 9.17) is 4.74 Å². The van der Waals surface area contributed by atoms with E-state index in [1.807, 2.05) is 30.3 Å². The van der Waals surface area contributed by atoms with Crippen molar-refractivity contribution in [2.24, 2.45) is 0 Å². The van der Waals surface area contributed by atoms with Gasteiger partial charge in [0.25, 0.3) is 0 Å². The zero-order chi connectivity index (χ0) is 25.1. The summed E-state index contributed by atoms with van der Waals surface area (Å²) in [4.78, 5) is 22.5. The maximum Gasteiger partial charge on any atom is 0.335 e. The predicted octanol–water partition coefficient (Wildman–Crippen LogP) is 4.57. The topological polar surface area (TPSA) is 74.0 Å². The molecular formula is C27H23F2N5O2. The fourth-order valence-corrected chi connectivity index (χ4v) is 4.06. The summed E-state index contributed by atoms with van der Waals surface area (Å²) in [6, 6.07) is 20.5. The number of benzene rings is 3. The molecule has 0 aliphatic rings. The molecule has 5 rings (SSSR count). The van der Waals surface area contributed by atoms with Crippen LogP contribution in [0.5, 0.6) is 5.75 Å². The van der Waals surface area contributed by atoms with Crippen LogP contribution in [0.1, 0.15) is 11.1 Å². The Morgan fingerprint density at radius 1 is 0.972 bits per heavy atom. The lowest BCUT2D eigenvalue weighted by Crippen LogP contribution is -2.24. The Labute approximate surface area is 205 Å². The molecule has 0 atom stereocenters. The van der Waals surface area contributed by atoms with E-state index in [9.17, 15) is 13.6 Å². The molecule has 0 fully saturated rings. The maximum absolute atomic E-state index is 14.4. The van der Waals surface area contributed by atoms with Gasteiger partial charge in [0.15, 0.2) is 5.65 Å². The third kappa shape index (κ3) is 4.55. The third-order valence-corrected chi connectivity index (χ3v) is 5.90. The molecule has 0 spiro atoms. The van der Waals surface area contributed by atoms with Crippen LogP contribution in [0.4, 0.5) is 14.7 Å². The molecule has 36 heavy (non-hydrogen) atoms. The number of aromatic nitrogens is 4. The number of imidazole rings is 1. The SMILES string of the molecule is COc1cccc(-n2c(=O)n(Cc3c(F)cccc3F)c3cnc(NCCc4ccccc4)nc32)c1. The maximum atomic E-state index is 14.4. The molecule has 5 aromatic rings. The first-order chi connectivity index (χ1) is 17.5. The first kappa shape index (κ1) is 23.2. The summed E-state index contributed by atoms with van der Waals surface area (Å²) >= 11 is 0. The third-order valence-electron chi connectivity index (χ3n) is 5.90. The molecule has 182 valence electrons. The monoisotopic (exact) mass is 487 g/mol. The summed E-state index contributed by atoms with van der Waals surface area (Å²) < 4.78 is 36.8. The Hall–Kier alpha value is -4.53. The quantitative estimate of drug-likeness (QED) is 0.347. The van der Waals surface area contributed by atoms with Gasteiger partial charge in [-0.15, -0.1) is 0 Å². The van der Waals surface area contributed by atoms with Crippen molar-refractivity contribution in [2.45, 2.75) is 13.0 Å². The highest BCUT2D eigenvalue weighted by Crippen LogP contribution is 2.22. The first-order valence-electron chi connectivity index (χ1n) is 11.4. The van der Waals surface area contributed by atoms with Gasteiger partial charge in [0, 0.05) is 18.2 Å². The molecule has 0 unspecified atom stereocenters. The van der Waals surface area contributed by atoms with Crippen molar-refractivity contribution in [3.63, 3.8) is 0 Å². The number of hydrogen-bond donors (Lipinski definition) is 1. The van der Waals surface area contributed by atoms with E-state index in [0.29, 0.717) is 35.1 Å². The molecule has 0 bridgehead atoms. The smallest absolute Gasteiger partial charge is 0.335 e. The van der Waals surface area contributed by atoms with Gasteiger partial charge in [-0.1, -0.05) is 42.5 Å². The summed E-state index contributed by atoms with van der Waals surface area (Å²) in [5, 5.41) is 3.19. The Morgan fingerprint density at radius 2 is 1.72 bits per heavy atom. The van der Waals surface area contributed by atoms with E-state index in [1.165, 1.54) is 28.5 Å². The normalized spacial score (nSPS) is 11.1. The van der Waals surface area contributed by atoms with E-state index in [1.54, 1.807) is 24.3 Å². The molecule has 0 radical (unpaired) electrons. The minimum absolute atomic E-state index is 0.214. The van der Waals surface area contributed by atoms with Gasteiger partial charge in [-0.2, -0.15) is 4.98 Å². The number of hydrogen-bond acceptors (Lipinski definition) is 5. The van der Waals surface area contributed by atoms with E-state index >= 15 is 0 Å². The molecular weight excluding hydrogens is 464 g/mol. The zero-order valence-corrected chi connectivity index (χ0v) is 19.5. The molecule has 9 heteroatoms. The average molecular weight is 488 g/mol. The van der Waals surface area contributed by atoms with Crippen LogP contribution in [0.2, 0.25) is 0 Å². The van der Waals surface area contributed by atoms with Gasteiger partial charge in [-0.05, 0) is 36.2 Å². The number of nitrogens with zero attached hydrogens (tertiary/aromatic N) is 4. The first-order valence-corrected chi connectivity index (χ1v) is 11.4. The second-order valence-corrected chi connectivity index (χ2v) is 8.17. The van der Waals surface area contributed by atoms with Gasteiger partial charge in [0.05, 0.1) is 25.5 Å². The van der Waals surface area contributed by atoms with E-state index in [2.05, 4.69) is 15.3 Å². The summed E-state index contributed by atoms with van der Waals surface area (Å²) in [6.45, 7) is 0.273. The standard InChI is InChI=1S/C27H23F2N5O2/c1-36-20-10-5-9-19(15-20)34-25-24(33(27(34)35)17-21-22(28)11-6-12-23(21)29)16-31-26(32-25)30-14-13-18-7-3-2-4-8-18/h2-12,15-16H,13-14,17H2,1H3,(H,30,31,32). The van der Waals surface area contributed by atoms with E-state index < -0.39 is 17.3 Å². The lowest BCUT2D eigenvalue weighted by molar-refractivity contribution is 0.414. The van der Waals surface area contributed by atoms with Crippen molar-refractivity contribution in [3.8, 4) is 11.4 Å². The molecule has 0 saturated carbocycles. The summed E-state index contributed by atoms with van der Waals surface area (Å²) in [6.07, 6.45) is 2.25. The van der Waals surface area contributed by atoms with Gasteiger partial charge in [0.2, 0.25) is 5.95 Å². The Morgan fingerprint density at radius 3 is 2.47 bits per heavy atom. The van der Waals surface area contributed by atoms with Crippen LogP contribution in [0, 0.1) is 11.6 Å². The predicted molar refractivity (Wildman–Crippen MR) is 134 cm³/mol. The molecule has 1 N–H and O–H groups in total. The number of nitrogens with one attached hydrogen (secondary N) is 1. The fourth-order valence-electron chi connectivity index (χ4n) is 4.06. The molecule has 7 nitrogen and oxygen atoms in total. The highest BCUT2D eigenvalue weighted by atomic mass is 19.1. The van der Waals surface area contributed by atoms with Gasteiger partial charge in [-0.25, -0.2) is 23.1 Å². The van der Waals surface area contributed by atoms with E-state index in [-0.39, 0.29) is 12.1 Å². The van der Waals surface area contributed by atoms with Crippen LogP contribution >= 0.6 is 0 Å². The van der Waals surface area contributed by atoms with Crippen molar-refractivity contribution in [2.75, 3.05) is 19.0 Å². The number of fused-ring (bicyclic) bond motifs is 1. The fraction of sp³-hybridized carbons (Fsp3) is 0.148. The highest BCUT2D eigenvalue weighted by Gasteiger charge is 2.20. The van der Waals surface area contributed by atoms with Crippen LogP contribution in [0.15, 0.2) is 83.8 Å². The van der Waals surface area contributed by atoms with Crippen LogP contribution in [0.3, 0.4) is 0 Å². The molecule has 3 aromatic carbocycles. The second kappa shape index (κ2) is 9.99. The number of methoxy groups -OCH3 is 1. The van der Waals surface area contributed by atoms with Crippen molar-refractivity contribution in [1.82, 2.24) is 19.1 Å². The average Bonchev–Trinajstić information content (AvgIpc) is 3.17. The molecule has 0 saturated heterocycles. The van der Waals surface area contributed by atoms with Gasteiger partial charge in [-0.3, -0.25) is 4.57 Å². The molecule has 0 aliphatic carbocycles. The number of rotatable bonds is 8. The second-order valence-electron chi connectivity index (χ2n) is 8.17. The van der Waals surface area contributed by atoms with Gasteiger partial charge < -0.3 is 10.1 Å². The Bertz CT molecular complexity index is 1560. The van der Waals surface area contributed by atoms with Crippen molar-refractivity contribution < 1.29 is 13.5 Å². The number of ether oxygens (including phenoxy) is 1. The lowest BCUT2D eigenvalue weighted by Gasteiger charge is -2.07. The minimum atomic E-state index is -0.732. The van der Waals surface area contributed by atoms with Crippen LogP contribution in [0.25, 0.3) is 16.9 Å².